The number of fused-ring (bicyclic) bond motifs is 1. The molecule has 0 saturated carbocycles. The minimum absolute atomic E-state index is 0. The number of rotatable bonds is 8. The number of thiazole rings is 1. The van der Waals surface area contributed by atoms with Gasteiger partial charge in [0.25, 0.3) is 0 Å². The molecule has 29 heavy (non-hydrogen) atoms. The summed E-state index contributed by atoms with van der Waals surface area (Å²) in [6.45, 7) is 1.03. The molecule has 2 heterocycles. The molecule has 0 aliphatic carbocycles. The molecule has 10 heteroatoms. The third-order valence-corrected chi connectivity index (χ3v) is 5.61. The molecule has 0 unspecified atom stereocenters. The monoisotopic (exact) mass is 440 g/mol. The fraction of sp³-hybridized carbons (Fsp3) is 0.474. The molecule has 1 aliphatic rings. The summed E-state index contributed by atoms with van der Waals surface area (Å²) in [5.41, 5.74) is 0.748. The van der Waals surface area contributed by atoms with Gasteiger partial charge in [-0.15, -0.1) is 12.4 Å². The lowest BCUT2D eigenvalue weighted by molar-refractivity contribution is -0.141. The van der Waals surface area contributed by atoms with E-state index in [1.807, 2.05) is 37.2 Å². The predicted molar refractivity (Wildman–Crippen MR) is 115 cm³/mol. The van der Waals surface area contributed by atoms with Crippen LogP contribution in [0.1, 0.15) is 19.3 Å². The topological polar surface area (TPSA) is 83.0 Å². The molecule has 1 aromatic carbocycles. The first kappa shape index (κ1) is 23.1. The molecule has 8 nitrogen and oxygen atoms in total. The summed E-state index contributed by atoms with van der Waals surface area (Å²) in [5.74, 6) is -0.183. The molecule has 0 atom stereocenters. The van der Waals surface area contributed by atoms with Crippen LogP contribution in [0.2, 0.25) is 0 Å². The number of nitrogens with zero attached hydrogens (tertiary/aromatic N) is 4. The van der Waals surface area contributed by atoms with Crippen molar-refractivity contribution in [2.45, 2.75) is 19.3 Å². The summed E-state index contributed by atoms with van der Waals surface area (Å²) in [7, 11) is 5.53. The molecule has 1 aliphatic heterocycles. The van der Waals surface area contributed by atoms with Crippen molar-refractivity contribution in [2.24, 2.45) is 0 Å². The van der Waals surface area contributed by atoms with Gasteiger partial charge in [-0.25, -0.2) is 4.98 Å². The lowest BCUT2D eigenvalue weighted by Crippen LogP contribution is -2.43. The normalized spacial score (nSPS) is 13.9. The van der Waals surface area contributed by atoms with Gasteiger partial charge in [-0.2, -0.15) is 0 Å². The van der Waals surface area contributed by atoms with E-state index in [-0.39, 0.29) is 49.5 Å². The van der Waals surface area contributed by atoms with Gasteiger partial charge in [0.05, 0.1) is 17.3 Å². The van der Waals surface area contributed by atoms with Crippen molar-refractivity contribution < 1.29 is 19.1 Å². The largest absolute Gasteiger partial charge is 0.497 e. The highest BCUT2D eigenvalue weighted by molar-refractivity contribution is 7.22. The fourth-order valence-electron chi connectivity index (χ4n) is 3.03. The number of halogens is 1. The van der Waals surface area contributed by atoms with E-state index < -0.39 is 0 Å². The van der Waals surface area contributed by atoms with Gasteiger partial charge in [-0.3, -0.25) is 24.2 Å². The van der Waals surface area contributed by atoms with E-state index >= 15 is 0 Å². The summed E-state index contributed by atoms with van der Waals surface area (Å²) in [6, 6.07) is 5.58. The third kappa shape index (κ3) is 5.43. The van der Waals surface area contributed by atoms with E-state index in [0.717, 1.165) is 28.1 Å². The van der Waals surface area contributed by atoms with Crippen LogP contribution in [-0.2, 0) is 14.4 Å². The average molecular weight is 441 g/mol. The van der Waals surface area contributed by atoms with E-state index in [4.69, 9.17) is 4.74 Å². The van der Waals surface area contributed by atoms with E-state index in [2.05, 4.69) is 4.98 Å². The molecule has 0 radical (unpaired) electrons. The van der Waals surface area contributed by atoms with E-state index in [0.29, 0.717) is 17.4 Å². The zero-order valence-electron chi connectivity index (χ0n) is 16.7. The van der Waals surface area contributed by atoms with Crippen molar-refractivity contribution in [3.8, 4) is 5.75 Å². The predicted octanol–water partition coefficient (Wildman–Crippen LogP) is 2.16. The quantitative estimate of drug-likeness (QED) is 0.585. The SMILES string of the molecule is COc1ccc2sc(N(CCCN(C)C)C(=O)CN3C(=O)CCC3=O)nc2c1.Cl. The zero-order valence-corrected chi connectivity index (χ0v) is 18.3. The van der Waals surface area contributed by atoms with Crippen molar-refractivity contribution in [1.82, 2.24) is 14.8 Å². The number of amides is 3. The Kier molecular flexibility index (Phi) is 7.95. The van der Waals surface area contributed by atoms with Gasteiger partial charge in [0, 0.05) is 25.5 Å². The molecule has 2 aromatic rings. The highest BCUT2D eigenvalue weighted by Gasteiger charge is 2.32. The Morgan fingerprint density at radius 3 is 2.52 bits per heavy atom. The number of imide groups is 1. The number of carbonyl (C=O) groups is 3. The van der Waals surface area contributed by atoms with Crippen LogP contribution >= 0.6 is 23.7 Å². The van der Waals surface area contributed by atoms with Crippen LogP contribution in [0.5, 0.6) is 5.75 Å². The van der Waals surface area contributed by atoms with E-state index in [9.17, 15) is 14.4 Å². The fourth-order valence-corrected chi connectivity index (χ4v) is 4.02. The molecule has 158 valence electrons. The second kappa shape index (κ2) is 10.00. The first-order chi connectivity index (χ1) is 13.4. The Morgan fingerprint density at radius 1 is 1.21 bits per heavy atom. The lowest BCUT2D eigenvalue weighted by atomic mass is 10.3. The van der Waals surface area contributed by atoms with Crippen LogP contribution in [0, 0.1) is 0 Å². The Labute approximate surface area is 179 Å². The Hall–Kier alpha value is -2.23. The number of benzene rings is 1. The molecule has 3 rings (SSSR count). The average Bonchev–Trinajstić information content (AvgIpc) is 3.22. The molecule has 0 bridgehead atoms. The van der Waals surface area contributed by atoms with Crippen molar-refractivity contribution in [3.05, 3.63) is 18.2 Å². The van der Waals surface area contributed by atoms with Crippen molar-refractivity contribution >= 4 is 56.8 Å². The molecule has 1 fully saturated rings. The summed E-state index contributed by atoms with van der Waals surface area (Å²) < 4.78 is 6.18. The van der Waals surface area contributed by atoms with Gasteiger partial charge in [0.2, 0.25) is 17.7 Å². The third-order valence-electron chi connectivity index (χ3n) is 4.55. The molecular formula is C19H25ClN4O4S. The first-order valence-corrected chi connectivity index (χ1v) is 9.93. The van der Waals surface area contributed by atoms with Crippen LogP contribution in [0.25, 0.3) is 10.2 Å². The number of hydrogen-bond donors (Lipinski definition) is 0. The first-order valence-electron chi connectivity index (χ1n) is 9.12. The number of methoxy groups -OCH3 is 1. The highest BCUT2D eigenvalue weighted by atomic mass is 35.5. The number of hydrogen-bond acceptors (Lipinski definition) is 7. The van der Waals surface area contributed by atoms with Crippen LogP contribution in [0.15, 0.2) is 18.2 Å². The van der Waals surface area contributed by atoms with Gasteiger partial charge >= 0.3 is 0 Å². The molecule has 1 saturated heterocycles. The van der Waals surface area contributed by atoms with Gasteiger partial charge in [-0.05, 0) is 39.2 Å². The Bertz CT molecular complexity index is 885. The lowest BCUT2D eigenvalue weighted by Gasteiger charge is -2.23. The highest BCUT2D eigenvalue weighted by Crippen LogP contribution is 2.31. The summed E-state index contributed by atoms with van der Waals surface area (Å²) in [4.78, 5) is 46.0. The summed E-state index contributed by atoms with van der Waals surface area (Å²) in [6.07, 6.45) is 1.10. The van der Waals surface area contributed by atoms with Crippen LogP contribution in [0.3, 0.4) is 0 Å². The van der Waals surface area contributed by atoms with Crippen LogP contribution < -0.4 is 9.64 Å². The zero-order chi connectivity index (χ0) is 20.3. The van der Waals surface area contributed by atoms with Gasteiger partial charge < -0.3 is 9.64 Å². The smallest absolute Gasteiger partial charge is 0.248 e. The second-order valence-electron chi connectivity index (χ2n) is 6.91. The van der Waals surface area contributed by atoms with Crippen LogP contribution in [-0.4, -0.2) is 73.3 Å². The molecule has 3 amide bonds. The Morgan fingerprint density at radius 2 is 1.90 bits per heavy atom. The van der Waals surface area contributed by atoms with Gasteiger partial charge in [-0.1, -0.05) is 11.3 Å². The molecule has 1 aromatic heterocycles. The maximum atomic E-state index is 13.0. The second-order valence-corrected chi connectivity index (χ2v) is 7.92. The van der Waals surface area contributed by atoms with E-state index in [1.165, 1.54) is 11.3 Å². The van der Waals surface area contributed by atoms with Gasteiger partial charge in [0.1, 0.15) is 12.3 Å². The number of carbonyl (C=O) groups excluding carboxylic acids is 3. The maximum Gasteiger partial charge on any atom is 0.248 e. The number of likely N-dealkylation sites (tertiary alicyclic amines) is 1. The summed E-state index contributed by atoms with van der Waals surface area (Å²) >= 11 is 1.41. The van der Waals surface area contributed by atoms with Crippen molar-refractivity contribution in [1.29, 1.82) is 0 Å². The standard InChI is InChI=1S/C19H24N4O4S.ClH/c1-21(2)9-4-10-22(18(26)12-23-16(24)7-8-17(23)25)19-20-14-11-13(27-3)5-6-15(14)28-19;/h5-6,11H,4,7-10,12H2,1-3H3;1H. The van der Waals surface area contributed by atoms with Crippen molar-refractivity contribution in [2.75, 3.05) is 45.7 Å². The molecular weight excluding hydrogens is 416 g/mol. The minimum atomic E-state index is -0.298. The number of aromatic nitrogens is 1. The summed E-state index contributed by atoms with van der Waals surface area (Å²) in [5, 5.41) is 0.561. The van der Waals surface area contributed by atoms with E-state index in [1.54, 1.807) is 12.0 Å². The molecule has 0 N–H and O–H groups in total. The minimum Gasteiger partial charge on any atom is -0.497 e. The van der Waals surface area contributed by atoms with Crippen molar-refractivity contribution in [3.63, 3.8) is 0 Å². The molecule has 0 spiro atoms. The Balaban J connectivity index is 0.00000300. The number of anilines is 1. The van der Waals surface area contributed by atoms with Crippen LogP contribution in [0.4, 0.5) is 5.13 Å². The van der Waals surface area contributed by atoms with Gasteiger partial charge in [0.15, 0.2) is 5.13 Å². The number of ether oxygens (including phenoxy) is 1. The maximum absolute atomic E-state index is 13.0.